The molecule has 20 heavy (non-hydrogen) atoms. The smallest absolute Gasteiger partial charge is 0.271 e. The number of hydrogen-bond donors (Lipinski definition) is 2. The molecule has 1 aliphatic heterocycles. The van der Waals surface area contributed by atoms with E-state index < -0.39 is 0 Å². The molecular weight excluding hydrogens is 254 g/mol. The van der Waals surface area contributed by atoms with Crippen molar-refractivity contribution in [2.24, 2.45) is 0 Å². The average Bonchev–Trinajstić information content (AvgIpc) is 2.85. The Morgan fingerprint density at radius 3 is 3.20 bits per heavy atom. The van der Waals surface area contributed by atoms with Crippen molar-refractivity contribution in [1.29, 1.82) is 0 Å². The maximum atomic E-state index is 12.3. The molecular formula is C15H19N3O2. The van der Waals surface area contributed by atoms with Crippen LogP contribution in [0.1, 0.15) is 28.9 Å². The van der Waals surface area contributed by atoms with E-state index in [1.54, 1.807) is 18.3 Å². The topological polar surface area (TPSA) is 65.5 Å². The molecule has 1 aliphatic rings. The number of rotatable bonds is 3. The molecule has 1 fully saturated rings. The second kappa shape index (κ2) is 7.04. The first-order chi connectivity index (χ1) is 9.70. The summed E-state index contributed by atoms with van der Waals surface area (Å²) in [7, 11) is 2.04. The van der Waals surface area contributed by atoms with E-state index in [1.165, 1.54) is 0 Å². The van der Waals surface area contributed by atoms with Gasteiger partial charge in [-0.15, -0.1) is 0 Å². The third-order valence-corrected chi connectivity index (χ3v) is 3.21. The van der Waals surface area contributed by atoms with Crippen molar-refractivity contribution in [1.82, 2.24) is 15.2 Å². The van der Waals surface area contributed by atoms with Crippen LogP contribution in [0.15, 0.2) is 18.3 Å². The number of carbonyl (C=O) groups excluding carboxylic acids is 1. The number of likely N-dealkylation sites (N-methyl/N-ethyl adjacent to an activating group) is 1. The number of aliphatic hydroxyl groups is 1. The van der Waals surface area contributed by atoms with Crippen LogP contribution >= 0.6 is 0 Å². The van der Waals surface area contributed by atoms with Gasteiger partial charge in [-0.05, 0) is 32.1 Å². The lowest BCUT2D eigenvalue weighted by Gasteiger charge is -2.13. The SMILES string of the molecule is CN1CCC(NC(=O)c2ncccc2C#CCCO)C1. The monoisotopic (exact) mass is 273 g/mol. The predicted octanol–water partition coefficient (Wildman–Crippen LogP) is 0.249. The number of nitrogens with one attached hydrogen (secondary N) is 1. The van der Waals surface area contributed by atoms with Gasteiger partial charge < -0.3 is 15.3 Å². The van der Waals surface area contributed by atoms with Gasteiger partial charge in [0.15, 0.2) is 0 Å². The van der Waals surface area contributed by atoms with Crippen LogP contribution in [0.4, 0.5) is 0 Å². The molecule has 1 aromatic heterocycles. The Kier molecular flexibility index (Phi) is 5.10. The first-order valence-electron chi connectivity index (χ1n) is 6.75. The molecule has 1 unspecified atom stereocenters. The van der Waals surface area contributed by atoms with E-state index in [0.717, 1.165) is 19.5 Å². The largest absolute Gasteiger partial charge is 0.395 e. The van der Waals surface area contributed by atoms with Crippen LogP contribution in [-0.2, 0) is 0 Å². The third kappa shape index (κ3) is 3.80. The fourth-order valence-electron chi connectivity index (χ4n) is 2.21. The lowest BCUT2D eigenvalue weighted by Crippen LogP contribution is -2.37. The number of amides is 1. The Morgan fingerprint density at radius 2 is 2.50 bits per heavy atom. The van der Waals surface area contributed by atoms with E-state index in [2.05, 4.69) is 27.0 Å². The Morgan fingerprint density at radius 1 is 1.65 bits per heavy atom. The van der Waals surface area contributed by atoms with Crippen LogP contribution in [0.2, 0.25) is 0 Å². The number of nitrogens with zero attached hydrogens (tertiary/aromatic N) is 2. The second-order valence-electron chi connectivity index (χ2n) is 4.90. The van der Waals surface area contributed by atoms with Crippen molar-refractivity contribution < 1.29 is 9.90 Å². The van der Waals surface area contributed by atoms with Crippen molar-refractivity contribution in [2.45, 2.75) is 18.9 Å². The zero-order chi connectivity index (χ0) is 14.4. The molecule has 2 N–H and O–H groups in total. The number of likely N-dealkylation sites (tertiary alicyclic amines) is 1. The molecule has 1 atom stereocenters. The van der Waals surface area contributed by atoms with Crippen molar-refractivity contribution in [2.75, 3.05) is 26.7 Å². The lowest BCUT2D eigenvalue weighted by atomic mass is 10.1. The maximum Gasteiger partial charge on any atom is 0.271 e. The summed E-state index contributed by atoms with van der Waals surface area (Å²) in [6, 6.07) is 3.70. The van der Waals surface area contributed by atoms with E-state index >= 15 is 0 Å². The maximum absolute atomic E-state index is 12.3. The van der Waals surface area contributed by atoms with Gasteiger partial charge in [0.1, 0.15) is 5.69 Å². The summed E-state index contributed by atoms with van der Waals surface area (Å²) >= 11 is 0. The van der Waals surface area contributed by atoms with E-state index in [9.17, 15) is 4.79 Å². The molecule has 5 nitrogen and oxygen atoms in total. The van der Waals surface area contributed by atoms with Gasteiger partial charge in [-0.2, -0.15) is 0 Å². The first-order valence-corrected chi connectivity index (χ1v) is 6.75. The van der Waals surface area contributed by atoms with Gasteiger partial charge in [-0.25, -0.2) is 4.98 Å². The molecule has 2 rings (SSSR count). The van der Waals surface area contributed by atoms with Gasteiger partial charge in [0.05, 0.1) is 12.2 Å². The molecule has 0 bridgehead atoms. The molecule has 2 heterocycles. The minimum atomic E-state index is -0.181. The zero-order valence-electron chi connectivity index (χ0n) is 11.6. The highest BCUT2D eigenvalue weighted by atomic mass is 16.2. The molecule has 0 saturated carbocycles. The third-order valence-electron chi connectivity index (χ3n) is 3.21. The number of aliphatic hydroxyl groups excluding tert-OH is 1. The molecule has 1 amide bonds. The zero-order valence-corrected chi connectivity index (χ0v) is 11.6. The van der Waals surface area contributed by atoms with Crippen LogP contribution in [-0.4, -0.2) is 53.7 Å². The molecule has 5 heteroatoms. The molecule has 0 aromatic carbocycles. The number of hydrogen-bond acceptors (Lipinski definition) is 4. The summed E-state index contributed by atoms with van der Waals surface area (Å²) in [5.41, 5.74) is 0.956. The van der Waals surface area contributed by atoms with Crippen LogP contribution in [0.5, 0.6) is 0 Å². The molecule has 0 spiro atoms. The van der Waals surface area contributed by atoms with E-state index in [1.807, 2.05) is 7.05 Å². The van der Waals surface area contributed by atoms with Gasteiger partial charge >= 0.3 is 0 Å². The Balaban J connectivity index is 2.08. The van der Waals surface area contributed by atoms with Gasteiger partial charge in [0.25, 0.3) is 5.91 Å². The van der Waals surface area contributed by atoms with Crippen molar-refractivity contribution >= 4 is 5.91 Å². The summed E-state index contributed by atoms with van der Waals surface area (Å²) in [6.07, 6.45) is 2.94. The summed E-state index contributed by atoms with van der Waals surface area (Å²) in [6.45, 7) is 1.88. The van der Waals surface area contributed by atoms with E-state index in [4.69, 9.17) is 5.11 Å². The summed E-state index contributed by atoms with van der Waals surface area (Å²) in [5, 5.41) is 11.7. The predicted molar refractivity (Wildman–Crippen MR) is 76.2 cm³/mol. The summed E-state index contributed by atoms with van der Waals surface area (Å²) in [5.74, 6) is 5.52. The molecule has 0 radical (unpaired) electrons. The fraction of sp³-hybridized carbons (Fsp3) is 0.467. The Hall–Kier alpha value is -1.90. The minimum Gasteiger partial charge on any atom is -0.395 e. The Bertz CT molecular complexity index is 533. The second-order valence-corrected chi connectivity index (χ2v) is 4.90. The number of aromatic nitrogens is 1. The van der Waals surface area contributed by atoms with Gasteiger partial charge in [0.2, 0.25) is 0 Å². The quantitative estimate of drug-likeness (QED) is 0.775. The van der Waals surface area contributed by atoms with Crippen LogP contribution in [0, 0.1) is 11.8 Å². The molecule has 1 aromatic rings. The van der Waals surface area contributed by atoms with Gasteiger partial charge in [0, 0.05) is 25.2 Å². The first kappa shape index (κ1) is 14.5. The van der Waals surface area contributed by atoms with Crippen LogP contribution in [0.25, 0.3) is 0 Å². The summed E-state index contributed by atoms with van der Waals surface area (Å²) < 4.78 is 0. The lowest BCUT2D eigenvalue weighted by molar-refractivity contribution is 0.0933. The normalized spacial score (nSPS) is 18.4. The minimum absolute atomic E-state index is 0.0171. The van der Waals surface area contributed by atoms with Crippen molar-refractivity contribution in [3.63, 3.8) is 0 Å². The molecule has 106 valence electrons. The van der Waals surface area contributed by atoms with Crippen molar-refractivity contribution in [3.8, 4) is 11.8 Å². The van der Waals surface area contributed by atoms with Crippen molar-refractivity contribution in [3.05, 3.63) is 29.6 Å². The molecule has 0 aliphatic carbocycles. The van der Waals surface area contributed by atoms with Gasteiger partial charge in [-0.3, -0.25) is 4.79 Å². The summed E-state index contributed by atoms with van der Waals surface area (Å²) in [4.78, 5) is 18.6. The van der Waals surface area contributed by atoms with Gasteiger partial charge in [-0.1, -0.05) is 11.8 Å². The highest BCUT2D eigenvalue weighted by Gasteiger charge is 2.22. The van der Waals surface area contributed by atoms with E-state index in [0.29, 0.717) is 17.7 Å². The fourth-order valence-corrected chi connectivity index (χ4v) is 2.21. The Labute approximate surface area is 119 Å². The highest BCUT2D eigenvalue weighted by Crippen LogP contribution is 2.09. The molecule has 1 saturated heterocycles. The average molecular weight is 273 g/mol. The number of carbonyl (C=O) groups is 1. The number of pyridine rings is 1. The standard InChI is InChI=1S/C15H19N3O2/c1-18-9-7-13(11-18)17-15(20)14-12(5-2-3-10-19)6-4-8-16-14/h4,6,8,13,19H,3,7,9-11H2,1H3,(H,17,20). The highest BCUT2D eigenvalue weighted by molar-refractivity contribution is 5.94. The van der Waals surface area contributed by atoms with Crippen LogP contribution < -0.4 is 5.32 Å². The van der Waals surface area contributed by atoms with E-state index in [-0.39, 0.29) is 18.6 Å². The van der Waals surface area contributed by atoms with Crippen LogP contribution in [0.3, 0.4) is 0 Å².